The normalized spacial score (nSPS) is 37.6. The van der Waals surface area contributed by atoms with Crippen molar-refractivity contribution in [3.63, 3.8) is 0 Å². The molecule has 5 N–H and O–H groups in total. The summed E-state index contributed by atoms with van der Waals surface area (Å²) < 4.78 is 0. The minimum Gasteiger partial charge on any atom is -0.394 e. The Hall–Kier alpha value is -3.76. The number of para-hydroxylation sites is 2. The predicted octanol–water partition coefficient (Wildman–Crippen LogP) is 0.652. The number of amides is 4. The second kappa shape index (κ2) is 9.91. The first-order chi connectivity index (χ1) is 22.8. The molecule has 0 aliphatic carbocycles. The van der Waals surface area contributed by atoms with Crippen LogP contribution in [0, 0.1) is 5.92 Å². The third kappa shape index (κ3) is 3.10. The summed E-state index contributed by atoms with van der Waals surface area (Å²) in [5, 5.41) is 42.5. The van der Waals surface area contributed by atoms with Crippen LogP contribution < -0.4 is 10.6 Å². The predicted molar refractivity (Wildman–Crippen MR) is 179 cm³/mol. The quantitative estimate of drug-likeness (QED) is 0.280. The van der Waals surface area contributed by atoms with Gasteiger partial charge in [0.05, 0.1) is 17.4 Å². The molecule has 4 amide bonds. The summed E-state index contributed by atoms with van der Waals surface area (Å²) in [7, 11) is 5.60. The van der Waals surface area contributed by atoms with E-state index in [9.17, 15) is 29.7 Å². The Morgan fingerprint density at radius 3 is 2.15 bits per heavy atom. The number of rotatable bonds is 5. The van der Waals surface area contributed by atoms with Gasteiger partial charge in [0.1, 0.15) is 30.2 Å². The van der Waals surface area contributed by atoms with Gasteiger partial charge in [-0.15, -0.1) is 0 Å². The molecule has 48 heavy (non-hydrogen) atoms. The van der Waals surface area contributed by atoms with Gasteiger partial charge in [-0.25, -0.2) is 0 Å². The molecule has 6 heterocycles. The van der Waals surface area contributed by atoms with E-state index in [2.05, 4.69) is 10.6 Å². The van der Waals surface area contributed by atoms with Gasteiger partial charge in [0.2, 0.25) is 0 Å². The van der Waals surface area contributed by atoms with Crippen LogP contribution in [0.15, 0.2) is 60.3 Å². The number of carbonyl (C=O) groups is 4. The molecule has 6 aliphatic heterocycles. The number of fused-ring (bicyclic) bond motifs is 11. The molecule has 0 spiro atoms. The molecule has 252 valence electrons. The molecule has 15 heteroatoms. The van der Waals surface area contributed by atoms with Crippen molar-refractivity contribution < 1.29 is 34.5 Å². The summed E-state index contributed by atoms with van der Waals surface area (Å²) >= 11 is 0. The maximum absolute atomic E-state index is 15.1. The van der Waals surface area contributed by atoms with Gasteiger partial charge in [0.25, 0.3) is 29.4 Å². The number of aliphatic hydroxyl groups is 3. The molecule has 2 aromatic carbocycles. The van der Waals surface area contributed by atoms with Gasteiger partial charge in [0, 0.05) is 25.5 Å². The molecule has 0 aromatic heterocycles. The van der Waals surface area contributed by atoms with E-state index in [1.807, 2.05) is 44.4 Å². The van der Waals surface area contributed by atoms with Gasteiger partial charge in [-0.1, -0.05) is 71.8 Å². The van der Waals surface area contributed by atoms with Gasteiger partial charge in [-0.05, 0) is 41.5 Å². The fourth-order valence-corrected chi connectivity index (χ4v) is 12.2. The van der Waals surface area contributed by atoms with Crippen molar-refractivity contribution in [2.45, 2.75) is 59.8 Å². The molecular weight excluding hydrogens is 657 g/mol. The van der Waals surface area contributed by atoms with Crippen LogP contribution in [0.5, 0.6) is 0 Å². The van der Waals surface area contributed by atoms with Crippen LogP contribution in [0.4, 0.5) is 11.4 Å². The highest BCUT2D eigenvalue weighted by molar-refractivity contribution is 8.77. The van der Waals surface area contributed by atoms with Gasteiger partial charge in [-0.3, -0.25) is 29.0 Å². The summed E-state index contributed by atoms with van der Waals surface area (Å²) in [6, 6.07) is 13.1. The van der Waals surface area contributed by atoms with Crippen LogP contribution >= 0.6 is 21.6 Å². The third-order valence-electron chi connectivity index (χ3n) is 11.5. The number of likely N-dealkylation sites (N-methyl/N-ethyl adjacent to an activating group) is 2. The van der Waals surface area contributed by atoms with Crippen molar-refractivity contribution in [1.29, 1.82) is 0 Å². The molecule has 7 unspecified atom stereocenters. The molecule has 3 fully saturated rings. The first-order valence-electron chi connectivity index (χ1n) is 15.7. The van der Waals surface area contributed by atoms with E-state index in [0.29, 0.717) is 22.5 Å². The second-order valence-corrected chi connectivity index (χ2v) is 16.2. The lowest BCUT2D eigenvalue weighted by Crippen LogP contribution is -2.73. The molecule has 3 saturated heterocycles. The number of piperazine rings is 2. The van der Waals surface area contributed by atoms with E-state index >= 15 is 4.79 Å². The Labute approximate surface area is 284 Å². The molecule has 6 aliphatic rings. The molecule has 2 aromatic rings. The minimum atomic E-state index is -2.76. The average molecular weight is 693 g/mol. The summed E-state index contributed by atoms with van der Waals surface area (Å²) in [6.45, 7) is 3.09. The summed E-state index contributed by atoms with van der Waals surface area (Å²) in [5.41, 5.74) is -3.65. The van der Waals surface area contributed by atoms with Crippen LogP contribution in [0.1, 0.15) is 25.0 Å². The first kappa shape index (κ1) is 31.5. The van der Waals surface area contributed by atoms with Crippen LogP contribution in [-0.2, 0) is 30.0 Å². The van der Waals surface area contributed by atoms with E-state index in [0.717, 1.165) is 9.80 Å². The zero-order valence-electron chi connectivity index (χ0n) is 26.9. The number of benzene rings is 2. The second-order valence-electron chi connectivity index (χ2n) is 13.5. The largest absolute Gasteiger partial charge is 0.394 e. The smallest absolute Gasteiger partial charge is 0.279 e. The Kier molecular flexibility index (Phi) is 6.50. The van der Waals surface area contributed by atoms with E-state index in [4.69, 9.17) is 0 Å². The fraction of sp³-hybridized carbons (Fsp3) is 0.455. The van der Waals surface area contributed by atoms with E-state index in [1.165, 1.54) is 38.4 Å². The van der Waals surface area contributed by atoms with Gasteiger partial charge < -0.3 is 35.8 Å². The topological polar surface area (TPSA) is 166 Å². The van der Waals surface area contributed by atoms with Crippen LogP contribution in [0.2, 0.25) is 0 Å². The third-order valence-corrected chi connectivity index (χ3v) is 14.1. The Balaban J connectivity index is 1.47. The summed E-state index contributed by atoms with van der Waals surface area (Å²) in [5.74, 6) is -2.75. The number of hydrogen-bond acceptors (Lipinski definition) is 11. The zero-order chi connectivity index (χ0) is 34.3. The van der Waals surface area contributed by atoms with Crippen molar-refractivity contribution in [3.8, 4) is 0 Å². The first-order valence-corrected chi connectivity index (χ1v) is 18.3. The van der Waals surface area contributed by atoms with Crippen molar-refractivity contribution in [1.82, 2.24) is 19.6 Å². The Morgan fingerprint density at radius 1 is 0.917 bits per heavy atom. The average Bonchev–Trinajstić information content (AvgIpc) is 3.74. The summed E-state index contributed by atoms with van der Waals surface area (Å²) in [4.78, 5) is 61.6. The van der Waals surface area contributed by atoms with Gasteiger partial charge in [0.15, 0.2) is 4.87 Å². The van der Waals surface area contributed by atoms with E-state index < -0.39 is 70.2 Å². The molecule has 0 radical (unpaired) electrons. The van der Waals surface area contributed by atoms with Crippen molar-refractivity contribution in [3.05, 3.63) is 71.4 Å². The number of carbonyl (C=O) groups excluding carboxylic acids is 4. The number of nitrogens with zero attached hydrogens (tertiary/aromatic N) is 4. The monoisotopic (exact) mass is 692 g/mol. The highest BCUT2D eigenvalue weighted by atomic mass is 33.1. The highest BCUT2D eigenvalue weighted by Crippen LogP contribution is 2.70. The number of hydrogen-bond donors (Lipinski definition) is 5. The standard InChI is InChI=1S/C33H36N6O7S2/c1-16(2)33(48-47-5)29(45)38-21(23(41)37(33)4)14-30(17-10-6-8-12-19(17)34-26(30)38)31-18-11-7-9-13-20(18)35-27(31)39-24(42)22(15-40)36(3)28(44)32(39,46)25(31)43/h6-14,16,22,25-27,34-35,40,43,46H,15H2,1-5H3/t22?,25-,26?,27?,30?,31?,32?,33?/m0/s1. The summed E-state index contributed by atoms with van der Waals surface area (Å²) in [6.07, 6.45) is -0.684. The molecular formula is C33H36N6O7S2. The SMILES string of the molecule is CSSC1(C(C)C)C(=O)N2C(=CC3(C45c6ccccc6NC4N4C(=O)C(CO)N(C)C(=O)C4(O)[C@H]5O)c4ccccc4NC23)C(=O)N1C. The van der Waals surface area contributed by atoms with Gasteiger partial charge >= 0.3 is 0 Å². The zero-order valence-corrected chi connectivity index (χ0v) is 28.5. The lowest BCUT2D eigenvalue weighted by molar-refractivity contribution is -0.209. The maximum Gasteiger partial charge on any atom is 0.279 e. The van der Waals surface area contributed by atoms with Crippen molar-refractivity contribution >= 4 is 56.6 Å². The molecule has 8 rings (SSSR count). The number of aliphatic hydroxyl groups excluding tert-OH is 2. The Morgan fingerprint density at radius 2 is 1.52 bits per heavy atom. The maximum atomic E-state index is 15.1. The number of anilines is 2. The van der Waals surface area contributed by atoms with Crippen molar-refractivity contribution in [2.75, 3.05) is 37.6 Å². The Bertz CT molecular complexity index is 1860. The molecule has 8 atom stereocenters. The van der Waals surface area contributed by atoms with E-state index in [-0.39, 0.29) is 17.5 Å². The van der Waals surface area contributed by atoms with Crippen LogP contribution in [-0.4, -0.2) is 121 Å². The van der Waals surface area contributed by atoms with Crippen LogP contribution in [0.3, 0.4) is 0 Å². The lowest BCUT2D eigenvalue weighted by Gasteiger charge is -2.52. The van der Waals surface area contributed by atoms with Crippen LogP contribution in [0.25, 0.3) is 0 Å². The fourth-order valence-electron chi connectivity index (χ4n) is 9.48. The van der Waals surface area contributed by atoms with Crippen molar-refractivity contribution in [2.24, 2.45) is 5.92 Å². The lowest BCUT2D eigenvalue weighted by atomic mass is 9.54. The molecule has 0 saturated carbocycles. The number of nitrogens with one attached hydrogen (secondary N) is 2. The van der Waals surface area contributed by atoms with Gasteiger partial charge in [-0.2, -0.15) is 0 Å². The minimum absolute atomic E-state index is 0.0945. The molecule has 13 nitrogen and oxygen atoms in total. The molecule has 0 bridgehead atoms. The van der Waals surface area contributed by atoms with E-state index in [1.54, 1.807) is 37.4 Å². The highest BCUT2D eigenvalue weighted by Gasteiger charge is 2.85.